The molecule has 1 fully saturated rings. The molecule has 0 aliphatic carbocycles. The molecule has 3 nitrogen and oxygen atoms in total. The summed E-state index contributed by atoms with van der Waals surface area (Å²) in [5, 5.41) is 6.25. The van der Waals surface area contributed by atoms with Gasteiger partial charge in [-0.25, -0.2) is 0 Å². The summed E-state index contributed by atoms with van der Waals surface area (Å²) in [7, 11) is 0. The molecular formula is C17H26N2O. The second-order valence-corrected chi connectivity index (χ2v) is 5.99. The largest absolute Gasteiger partial charge is 0.355 e. The summed E-state index contributed by atoms with van der Waals surface area (Å²) in [6.45, 7) is 7.91. The molecule has 1 aliphatic heterocycles. The first-order chi connectivity index (χ1) is 9.58. The number of likely N-dealkylation sites (N-methyl/N-ethyl adjacent to an activating group) is 1. The first kappa shape index (κ1) is 15.0. The molecule has 20 heavy (non-hydrogen) atoms. The van der Waals surface area contributed by atoms with Crippen LogP contribution in [0.25, 0.3) is 0 Å². The molecule has 1 amide bonds. The summed E-state index contributed by atoms with van der Waals surface area (Å²) < 4.78 is 0. The Balaban J connectivity index is 1.97. The number of piperidine rings is 1. The van der Waals surface area contributed by atoms with E-state index in [0.29, 0.717) is 12.5 Å². The lowest BCUT2D eigenvalue weighted by atomic mass is 9.86. The molecule has 1 aromatic carbocycles. The Hall–Kier alpha value is -1.35. The highest BCUT2D eigenvalue weighted by Crippen LogP contribution is 2.22. The highest BCUT2D eigenvalue weighted by atomic mass is 16.2. The van der Waals surface area contributed by atoms with Gasteiger partial charge in [0, 0.05) is 6.54 Å². The van der Waals surface area contributed by atoms with Crippen LogP contribution in [0.3, 0.4) is 0 Å². The molecule has 2 unspecified atom stereocenters. The van der Waals surface area contributed by atoms with Crippen molar-refractivity contribution in [2.75, 3.05) is 13.1 Å². The van der Waals surface area contributed by atoms with Gasteiger partial charge >= 0.3 is 0 Å². The van der Waals surface area contributed by atoms with E-state index in [1.807, 2.05) is 6.92 Å². The van der Waals surface area contributed by atoms with Gasteiger partial charge in [-0.3, -0.25) is 4.79 Å². The SMILES string of the molecule is CCNC(=O)C1CC(Cc2cc(C)cc(C)c2)CCN1. The molecule has 1 aromatic rings. The minimum atomic E-state index is -0.0143. The fraction of sp³-hybridized carbons (Fsp3) is 0.588. The van der Waals surface area contributed by atoms with Crippen LogP contribution in [0.4, 0.5) is 0 Å². The van der Waals surface area contributed by atoms with Crippen molar-refractivity contribution >= 4 is 5.91 Å². The molecule has 0 saturated carbocycles. The molecular weight excluding hydrogens is 248 g/mol. The number of carbonyl (C=O) groups is 1. The smallest absolute Gasteiger partial charge is 0.237 e. The third kappa shape index (κ3) is 4.07. The standard InChI is InChI=1S/C17H26N2O/c1-4-18-17(20)16-11-14(5-6-19-16)10-15-8-12(2)7-13(3)9-15/h7-9,14,16,19H,4-6,10-11H2,1-3H3,(H,18,20). The van der Waals surface area contributed by atoms with Crippen LogP contribution in [-0.4, -0.2) is 25.0 Å². The van der Waals surface area contributed by atoms with Gasteiger partial charge in [0.25, 0.3) is 0 Å². The molecule has 110 valence electrons. The lowest BCUT2D eigenvalue weighted by molar-refractivity contribution is -0.123. The van der Waals surface area contributed by atoms with Crippen molar-refractivity contribution in [3.63, 3.8) is 0 Å². The zero-order valence-electron chi connectivity index (χ0n) is 12.8. The molecule has 0 aromatic heterocycles. The lowest BCUT2D eigenvalue weighted by Crippen LogP contribution is -2.48. The Morgan fingerprint density at radius 3 is 2.65 bits per heavy atom. The second-order valence-electron chi connectivity index (χ2n) is 5.99. The van der Waals surface area contributed by atoms with Crippen LogP contribution in [0.5, 0.6) is 0 Å². The monoisotopic (exact) mass is 274 g/mol. The normalized spacial score (nSPS) is 22.6. The molecule has 2 atom stereocenters. The number of nitrogens with one attached hydrogen (secondary N) is 2. The third-order valence-electron chi connectivity index (χ3n) is 3.99. The molecule has 3 heteroatoms. The van der Waals surface area contributed by atoms with Crippen LogP contribution < -0.4 is 10.6 Å². The van der Waals surface area contributed by atoms with Gasteiger partial charge in [0.05, 0.1) is 6.04 Å². The summed E-state index contributed by atoms with van der Waals surface area (Å²) in [5.74, 6) is 0.752. The number of rotatable bonds is 4. The summed E-state index contributed by atoms with van der Waals surface area (Å²) in [6, 6.07) is 6.75. The van der Waals surface area contributed by atoms with Crippen molar-refractivity contribution in [2.45, 2.75) is 46.1 Å². The van der Waals surface area contributed by atoms with E-state index < -0.39 is 0 Å². The minimum Gasteiger partial charge on any atom is -0.355 e. The Morgan fingerprint density at radius 1 is 1.30 bits per heavy atom. The van der Waals surface area contributed by atoms with E-state index in [1.165, 1.54) is 16.7 Å². The first-order valence-corrected chi connectivity index (χ1v) is 7.66. The topological polar surface area (TPSA) is 41.1 Å². The predicted molar refractivity (Wildman–Crippen MR) is 82.8 cm³/mol. The number of hydrogen-bond donors (Lipinski definition) is 2. The van der Waals surface area contributed by atoms with E-state index in [2.05, 4.69) is 42.7 Å². The van der Waals surface area contributed by atoms with Crippen molar-refractivity contribution in [1.82, 2.24) is 10.6 Å². The maximum atomic E-state index is 11.9. The van der Waals surface area contributed by atoms with Crippen LogP contribution in [0.2, 0.25) is 0 Å². The zero-order chi connectivity index (χ0) is 14.5. The summed E-state index contributed by atoms with van der Waals surface area (Å²) >= 11 is 0. The van der Waals surface area contributed by atoms with Gasteiger partial charge in [0.2, 0.25) is 5.91 Å². The van der Waals surface area contributed by atoms with E-state index in [1.54, 1.807) is 0 Å². The minimum absolute atomic E-state index is 0.0143. The summed E-state index contributed by atoms with van der Waals surface area (Å²) in [5.41, 5.74) is 4.06. The molecule has 2 N–H and O–H groups in total. The van der Waals surface area contributed by atoms with Gasteiger partial charge in [0.15, 0.2) is 0 Å². The molecule has 0 bridgehead atoms. The molecule has 1 heterocycles. The molecule has 2 rings (SSSR count). The molecule has 0 spiro atoms. The number of hydrogen-bond acceptors (Lipinski definition) is 2. The maximum Gasteiger partial charge on any atom is 0.237 e. The van der Waals surface area contributed by atoms with Gasteiger partial charge in [-0.1, -0.05) is 29.3 Å². The van der Waals surface area contributed by atoms with Gasteiger partial charge in [-0.05, 0) is 58.1 Å². The van der Waals surface area contributed by atoms with E-state index in [9.17, 15) is 4.79 Å². The van der Waals surface area contributed by atoms with Crippen molar-refractivity contribution < 1.29 is 4.79 Å². The Bertz CT molecular complexity index is 450. The fourth-order valence-corrected chi connectivity index (χ4v) is 3.20. The average molecular weight is 274 g/mol. The van der Waals surface area contributed by atoms with E-state index in [0.717, 1.165) is 25.8 Å². The number of aryl methyl sites for hydroxylation is 2. The molecule has 0 radical (unpaired) electrons. The second kappa shape index (κ2) is 6.89. The van der Waals surface area contributed by atoms with Crippen molar-refractivity contribution in [3.05, 3.63) is 34.9 Å². The quantitative estimate of drug-likeness (QED) is 0.885. The summed E-state index contributed by atoms with van der Waals surface area (Å²) in [4.78, 5) is 11.9. The van der Waals surface area contributed by atoms with Crippen LogP contribution in [0.1, 0.15) is 36.5 Å². The Morgan fingerprint density at radius 2 is 2.00 bits per heavy atom. The van der Waals surface area contributed by atoms with Crippen LogP contribution in [0, 0.1) is 19.8 Å². The van der Waals surface area contributed by atoms with Crippen molar-refractivity contribution in [1.29, 1.82) is 0 Å². The highest BCUT2D eigenvalue weighted by molar-refractivity contribution is 5.81. The van der Waals surface area contributed by atoms with E-state index in [4.69, 9.17) is 0 Å². The van der Waals surface area contributed by atoms with Crippen molar-refractivity contribution in [2.24, 2.45) is 5.92 Å². The van der Waals surface area contributed by atoms with Crippen LogP contribution in [-0.2, 0) is 11.2 Å². The predicted octanol–water partition coefficient (Wildman–Crippen LogP) is 2.35. The highest BCUT2D eigenvalue weighted by Gasteiger charge is 2.26. The van der Waals surface area contributed by atoms with Crippen LogP contribution in [0.15, 0.2) is 18.2 Å². The number of amides is 1. The van der Waals surface area contributed by atoms with E-state index >= 15 is 0 Å². The Kier molecular flexibility index (Phi) is 5.18. The van der Waals surface area contributed by atoms with Gasteiger partial charge < -0.3 is 10.6 Å². The molecule has 1 aliphatic rings. The van der Waals surface area contributed by atoms with Gasteiger partial charge in [-0.15, -0.1) is 0 Å². The number of carbonyl (C=O) groups excluding carboxylic acids is 1. The zero-order valence-corrected chi connectivity index (χ0v) is 12.8. The first-order valence-electron chi connectivity index (χ1n) is 7.66. The van der Waals surface area contributed by atoms with Gasteiger partial charge in [0.1, 0.15) is 0 Å². The fourth-order valence-electron chi connectivity index (χ4n) is 3.20. The third-order valence-corrected chi connectivity index (χ3v) is 3.99. The molecule has 1 saturated heterocycles. The summed E-state index contributed by atoms with van der Waals surface area (Å²) in [6.07, 6.45) is 3.18. The maximum absolute atomic E-state index is 11.9. The lowest BCUT2D eigenvalue weighted by Gasteiger charge is -2.29. The number of benzene rings is 1. The van der Waals surface area contributed by atoms with Crippen molar-refractivity contribution in [3.8, 4) is 0 Å². The van der Waals surface area contributed by atoms with Gasteiger partial charge in [-0.2, -0.15) is 0 Å². The van der Waals surface area contributed by atoms with E-state index in [-0.39, 0.29) is 11.9 Å². The van der Waals surface area contributed by atoms with Crippen LogP contribution >= 0.6 is 0 Å². The Labute approximate surface area is 122 Å². The average Bonchev–Trinajstić information content (AvgIpc) is 2.38.